The fourth-order valence-corrected chi connectivity index (χ4v) is 13.9. The molecule has 0 aromatic carbocycles. The monoisotopic (exact) mass is 1540 g/mol. The van der Waals surface area contributed by atoms with Crippen molar-refractivity contribution in [3.8, 4) is 0 Å². The smallest absolute Gasteiger partial charge is 0.220 e. The Hall–Kier alpha value is -3.81. The third kappa shape index (κ3) is 47.6. The molecule has 0 aromatic rings. The highest BCUT2D eigenvalue weighted by Crippen LogP contribution is 2.33. The molecule has 17 unspecified atom stereocenters. The summed E-state index contributed by atoms with van der Waals surface area (Å²) >= 11 is 0. The van der Waals surface area contributed by atoms with Gasteiger partial charge in [0.25, 0.3) is 0 Å². The molecule has 628 valence electrons. The summed E-state index contributed by atoms with van der Waals surface area (Å²) in [5.74, 6) is -0.287. The molecule has 0 saturated carbocycles. The predicted octanol–water partition coefficient (Wildman–Crippen LogP) is 15.8. The van der Waals surface area contributed by atoms with Gasteiger partial charge in [-0.3, -0.25) is 4.79 Å². The van der Waals surface area contributed by atoms with Crippen molar-refractivity contribution in [1.29, 1.82) is 0 Å². The lowest BCUT2D eigenvalue weighted by Crippen LogP contribution is -2.66. The minimum absolute atomic E-state index is 0.229. The number of unbranched alkanes of at least 4 members (excludes halogenated alkanes) is 34. The fraction of sp³-hybridized carbons (Fsp3) is 0.767. The Kier molecular flexibility index (Phi) is 62.5. The number of rotatable bonds is 68. The average Bonchev–Trinajstić information content (AvgIpc) is 0.759. The normalized spacial score (nSPS) is 25.9. The van der Waals surface area contributed by atoms with Gasteiger partial charge in [-0.15, -0.1) is 0 Å². The molecule has 3 rings (SSSR count). The first kappa shape index (κ1) is 99.4. The zero-order chi connectivity index (χ0) is 78.8. The molecule has 19 nitrogen and oxygen atoms in total. The van der Waals surface area contributed by atoms with E-state index in [1.54, 1.807) is 6.08 Å². The van der Waals surface area contributed by atoms with Gasteiger partial charge in [0.2, 0.25) is 5.91 Å². The zero-order valence-electron chi connectivity index (χ0n) is 67.5. The highest BCUT2D eigenvalue weighted by atomic mass is 16.8. The third-order valence-corrected chi connectivity index (χ3v) is 20.7. The van der Waals surface area contributed by atoms with Crippen LogP contribution in [0.5, 0.6) is 0 Å². The Morgan fingerprint density at radius 1 is 0.339 bits per heavy atom. The molecule has 0 radical (unpaired) electrons. The number of ether oxygens (including phenoxy) is 6. The first-order valence-corrected chi connectivity index (χ1v) is 43.3. The molecule has 0 aliphatic carbocycles. The number of aliphatic hydroxyl groups excluding tert-OH is 11. The van der Waals surface area contributed by atoms with Crippen LogP contribution in [0.15, 0.2) is 122 Å². The van der Waals surface area contributed by atoms with Crippen LogP contribution in [0, 0.1) is 0 Å². The van der Waals surface area contributed by atoms with Crippen molar-refractivity contribution in [2.75, 3.05) is 26.4 Å². The highest BCUT2D eigenvalue weighted by molar-refractivity contribution is 5.76. The number of amides is 1. The average molecular weight is 1540 g/mol. The van der Waals surface area contributed by atoms with Crippen LogP contribution < -0.4 is 5.32 Å². The molecule has 0 bridgehead atoms. The predicted molar refractivity (Wildman–Crippen MR) is 438 cm³/mol. The second kappa shape index (κ2) is 68.6. The Labute approximate surface area is 658 Å². The van der Waals surface area contributed by atoms with Gasteiger partial charge in [-0.2, -0.15) is 0 Å². The number of hydrogen-bond donors (Lipinski definition) is 12. The number of nitrogens with one attached hydrogen (secondary N) is 1. The van der Waals surface area contributed by atoms with E-state index in [9.17, 15) is 61.0 Å². The topological polar surface area (TPSA) is 307 Å². The summed E-state index contributed by atoms with van der Waals surface area (Å²) < 4.78 is 34.5. The molecule has 0 spiro atoms. The number of carbonyl (C=O) groups excluding carboxylic acids is 1. The number of hydrogen-bond acceptors (Lipinski definition) is 18. The first-order chi connectivity index (χ1) is 53.3. The lowest BCUT2D eigenvalue weighted by atomic mass is 9.96. The molecule has 19 heteroatoms. The van der Waals surface area contributed by atoms with E-state index in [0.717, 1.165) is 103 Å². The van der Waals surface area contributed by atoms with E-state index in [1.807, 2.05) is 6.08 Å². The molecule has 12 N–H and O–H groups in total. The summed E-state index contributed by atoms with van der Waals surface area (Å²) in [5, 5.41) is 121. The molecule has 3 heterocycles. The van der Waals surface area contributed by atoms with Gasteiger partial charge in [-0.05, 0) is 96.3 Å². The van der Waals surface area contributed by atoms with Crippen molar-refractivity contribution < 1.29 is 89.4 Å². The fourth-order valence-electron chi connectivity index (χ4n) is 13.9. The van der Waals surface area contributed by atoms with E-state index in [0.29, 0.717) is 12.8 Å². The lowest BCUT2D eigenvalue weighted by Gasteiger charge is -2.48. The van der Waals surface area contributed by atoms with Crippen LogP contribution in [0.1, 0.15) is 309 Å². The van der Waals surface area contributed by atoms with Gasteiger partial charge in [-0.1, -0.05) is 328 Å². The van der Waals surface area contributed by atoms with Gasteiger partial charge in [0.1, 0.15) is 73.2 Å². The van der Waals surface area contributed by atoms with Crippen LogP contribution in [0.4, 0.5) is 0 Å². The van der Waals surface area contributed by atoms with E-state index in [1.165, 1.54) is 173 Å². The van der Waals surface area contributed by atoms with Crippen molar-refractivity contribution in [3.05, 3.63) is 122 Å². The van der Waals surface area contributed by atoms with Crippen LogP contribution in [0.25, 0.3) is 0 Å². The van der Waals surface area contributed by atoms with Gasteiger partial charge in [-0.25, -0.2) is 0 Å². The second-order valence-electron chi connectivity index (χ2n) is 30.3. The van der Waals surface area contributed by atoms with Crippen LogP contribution in [-0.4, -0.2) is 193 Å². The molecule has 109 heavy (non-hydrogen) atoms. The highest BCUT2D eigenvalue weighted by Gasteiger charge is 2.54. The van der Waals surface area contributed by atoms with Gasteiger partial charge in [0, 0.05) is 6.42 Å². The Morgan fingerprint density at radius 2 is 0.642 bits per heavy atom. The van der Waals surface area contributed by atoms with Gasteiger partial charge in [0.15, 0.2) is 18.9 Å². The molecular formula is C90H155NO18. The van der Waals surface area contributed by atoms with Gasteiger partial charge in [0.05, 0.1) is 38.6 Å². The largest absolute Gasteiger partial charge is 0.394 e. The molecule has 1 amide bonds. The third-order valence-electron chi connectivity index (χ3n) is 20.7. The summed E-state index contributed by atoms with van der Waals surface area (Å²) in [6.07, 6.45) is 70.5. The summed E-state index contributed by atoms with van der Waals surface area (Å²) in [5.41, 5.74) is 0. The van der Waals surface area contributed by atoms with E-state index >= 15 is 0 Å². The van der Waals surface area contributed by atoms with Crippen LogP contribution in [0.3, 0.4) is 0 Å². The van der Waals surface area contributed by atoms with E-state index in [4.69, 9.17) is 28.4 Å². The van der Waals surface area contributed by atoms with Crippen LogP contribution >= 0.6 is 0 Å². The number of aliphatic hydroxyl groups is 11. The molecule has 3 aliphatic heterocycles. The zero-order valence-corrected chi connectivity index (χ0v) is 67.5. The van der Waals surface area contributed by atoms with E-state index < -0.39 is 124 Å². The molecular weight excluding hydrogens is 1380 g/mol. The SMILES string of the molecule is CC/C=C\C/C=C\C/C=C\C/C=C\C/C=C\C/C=C\C/C=C\C/C=C\CCCCCCCCCCCCCCCCC(=O)NC(COC1OC(CO)C(OC2OC(CO)C(OC3OC(CO)C(O)C(O)C3O)C(O)C2O)C(O)C1O)C(O)/C=C/CC/C=C/CCCCCCCCCCCCCCCCCCCCC. The Morgan fingerprint density at radius 3 is 1.03 bits per heavy atom. The molecule has 3 aliphatic rings. The first-order valence-electron chi connectivity index (χ1n) is 43.3. The van der Waals surface area contributed by atoms with E-state index in [-0.39, 0.29) is 18.9 Å². The summed E-state index contributed by atoms with van der Waals surface area (Å²) in [4.78, 5) is 13.5. The summed E-state index contributed by atoms with van der Waals surface area (Å²) in [7, 11) is 0. The van der Waals surface area contributed by atoms with Crippen LogP contribution in [-0.2, 0) is 33.2 Å². The Balaban J connectivity index is 1.34. The van der Waals surface area contributed by atoms with Gasteiger partial charge < -0.3 is 89.9 Å². The van der Waals surface area contributed by atoms with Crippen molar-refractivity contribution >= 4 is 5.91 Å². The molecule has 0 aromatic heterocycles. The maximum Gasteiger partial charge on any atom is 0.220 e. The molecule has 3 saturated heterocycles. The maximum atomic E-state index is 13.5. The Bertz CT molecular complexity index is 2440. The van der Waals surface area contributed by atoms with Gasteiger partial charge >= 0.3 is 0 Å². The number of allylic oxidation sites excluding steroid dienone is 19. The number of carbonyl (C=O) groups is 1. The lowest BCUT2D eigenvalue weighted by molar-refractivity contribution is -0.379. The summed E-state index contributed by atoms with van der Waals surface area (Å²) in [6, 6.07) is -0.999. The van der Waals surface area contributed by atoms with Crippen LogP contribution in [0.2, 0.25) is 0 Å². The van der Waals surface area contributed by atoms with Crippen molar-refractivity contribution in [2.24, 2.45) is 0 Å². The van der Waals surface area contributed by atoms with Crippen molar-refractivity contribution in [3.63, 3.8) is 0 Å². The quantitative estimate of drug-likeness (QED) is 0.0199. The molecule has 3 fully saturated rings. The standard InChI is InChI=1S/C90H155NO18/c1-3-5-7-9-11-13-15-17-19-21-23-25-27-29-30-31-32-33-34-35-36-37-38-39-40-41-42-44-46-48-50-52-54-56-58-60-62-64-66-68-78(96)91-73(74(95)67-65-63-61-59-57-55-53-51-49-47-45-43-28-26-24-22-20-18-16-14-12-10-8-6-4-2)72-104-88-84(102)81(99)86(76(70-93)106-88)109-90-85(103)82(100)87(77(71-94)107-90)108-89-83(101)80(98)79(97)75(69-92)105-89/h5,7,11,13,17,19,23,25,29-30,32-33,35-36,38-39,57,59,65,67,73-77,79-90,92-95,97-103H,3-4,6,8-10,12,14-16,18,20-22,24,26-28,31,34,37,40-56,58,60-64,66,68-72H2,1-2H3,(H,91,96)/b7-5-,13-11-,19-17-,25-23-,30-29-,33-32-,36-35-,39-38-,59-57+,67-65+. The van der Waals surface area contributed by atoms with Crippen molar-refractivity contribution in [1.82, 2.24) is 5.32 Å². The minimum atomic E-state index is -1.99. The van der Waals surface area contributed by atoms with E-state index in [2.05, 4.69) is 129 Å². The maximum absolute atomic E-state index is 13.5. The second-order valence-corrected chi connectivity index (χ2v) is 30.3. The minimum Gasteiger partial charge on any atom is -0.394 e. The molecule has 17 atom stereocenters. The van der Waals surface area contributed by atoms with Crippen molar-refractivity contribution in [2.45, 2.75) is 413 Å². The summed E-state index contributed by atoms with van der Waals surface area (Å²) in [6.45, 7) is 1.63.